The Bertz CT molecular complexity index is 371. The second-order valence-electron chi connectivity index (χ2n) is 3.75. The quantitative estimate of drug-likeness (QED) is 0.888. The van der Waals surface area contributed by atoms with Gasteiger partial charge in [0.25, 0.3) is 0 Å². The summed E-state index contributed by atoms with van der Waals surface area (Å²) in [6.45, 7) is 3.81. The van der Waals surface area contributed by atoms with Gasteiger partial charge in [-0.2, -0.15) is 0 Å². The molecule has 1 unspecified atom stereocenters. The highest BCUT2D eigenvalue weighted by Gasteiger charge is 2.16. The lowest BCUT2D eigenvalue weighted by Crippen LogP contribution is -2.41. The molecule has 0 aliphatic rings. The first-order valence-corrected chi connectivity index (χ1v) is 5.66. The van der Waals surface area contributed by atoms with Crippen molar-refractivity contribution in [1.29, 1.82) is 0 Å². The number of amides is 1. The van der Waals surface area contributed by atoms with Gasteiger partial charge in [-0.05, 0) is 25.5 Å². The fourth-order valence-electron chi connectivity index (χ4n) is 1.58. The second-order valence-corrected chi connectivity index (χ2v) is 4.15. The standard InChI is InChI=1S/C12H17ClN2O.ClH/c1-8(15-9(2)12(16)14-3)10-6-4-5-7-11(10)13;/h4-9,15H,1-3H3,(H,14,16);1H/t8?,9-;/m1./s1. The Balaban J connectivity index is 0.00000256. The molecule has 1 aromatic rings. The molecule has 2 atom stereocenters. The van der Waals surface area contributed by atoms with Crippen LogP contribution in [-0.2, 0) is 4.79 Å². The molecular formula is C12H18Cl2N2O. The van der Waals surface area contributed by atoms with E-state index in [9.17, 15) is 4.79 Å². The van der Waals surface area contributed by atoms with Crippen LogP contribution in [0.2, 0.25) is 5.02 Å². The van der Waals surface area contributed by atoms with Crippen LogP contribution in [0.5, 0.6) is 0 Å². The van der Waals surface area contributed by atoms with Crippen LogP contribution < -0.4 is 10.6 Å². The Hall–Kier alpha value is -0.770. The van der Waals surface area contributed by atoms with Gasteiger partial charge in [0.05, 0.1) is 6.04 Å². The predicted octanol–water partition coefficient (Wildman–Crippen LogP) is 2.55. The van der Waals surface area contributed by atoms with E-state index >= 15 is 0 Å². The van der Waals surface area contributed by atoms with Crippen molar-refractivity contribution < 1.29 is 4.79 Å². The molecule has 3 nitrogen and oxygen atoms in total. The summed E-state index contributed by atoms with van der Waals surface area (Å²) in [5.74, 6) is -0.0288. The number of carbonyl (C=O) groups excluding carboxylic acids is 1. The van der Waals surface area contributed by atoms with Crippen molar-refractivity contribution in [3.05, 3.63) is 34.9 Å². The topological polar surface area (TPSA) is 41.1 Å². The van der Waals surface area contributed by atoms with Crippen LogP contribution in [-0.4, -0.2) is 19.0 Å². The third-order valence-corrected chi connectivity index (χ3v) is 2.86. The summed E-state index contributed by atoms with van der Waals surface area (Å²) >= 11 is 6.08. The summed E-state index contributed by atoms with van der Waals surface area (Å²) in [6, 6.07) is 7.43. The number of benzene rings is 1. The molecule has 0 saturated carbocycles. The Kier molecular flexibility index (Phi) is 7.19. The molecule has 0 fully saturated rings. The molecule has 1 aromatic carbocycles. The van der Waals surface area contributed by atoms with Crippen molar-refractivity contribution in [3.8, 4) is 0 Å². The van der Waals surface area contributed by atoms with Gasteiger partial charge in [0.15, 0.2) is 0 Å². The Labute approximate surface area is 113 Å². The number of hydrogen-bond donors (Lipinski definition) is 2. The summed E-state index contributed by atoms with van der Waals surface area (Å²) < 4.78 is 0. The van der Waals surface area contributed by atoms with Crippen molar-refractivity contribution in [1.82, 2.24) is 10.6 Å². The first-order valence-electron chi connectivity index (χ1n) is 5.28. The lowest BCUT2D eigenvalue weighted by Gasteiger charge is -2.20. The maximum absolute atomic E-state index is 11.4. The van der Waals surface area contributed by atoms with Crippen LogP contribution in [0, 0.1) is 0 Å². The molecule has 0 bridgehead atoms. The molecule has 17 heavy (non-hydrogen) atoms. The first kappa shape index (κ1) is 16.2. The van der Waals surface area contributed by atoms with Crippen molar-refractivity contribution in [3.63, 3.8) is 0 Å². The molecule has 0 aliphatic carbocycles. The second kappa shape index (κ2) is 7.54. The monoisotopic (exact) mass is 276 g/mol. The minimum absolute atomic E-state index is 0. The predicted molar refractivity (Wildman–Crippen MR) is 73.8 cm³/mol. The molecule has 1 rings (SSSR count). The summed E-state index contributed by atoms with van der Waals surface area (Å²) in [7, 11) is 1.63. The number of halogens is 2. The molecule has 5 heteroatoms. The Morgan fingerprint density at radius 2 is 1.88 bits per heavy atom. The van der Waals surface area contributed by atoms with Crippen LogP contribution >= 0.6 is 24.0 Å². The minimum atomic E-state index is -0.240. The van der Waals surface area contributed by atoms with E-state index in [0.29, 0.717) is 5.02 Å². The van der Waals surface area contributed by atoms with Gasteiger partial charge in [0.2, 0.25) is 5.91 Å². The molecule has 0 heterocycles. The van der Waals surface area contributed by atoms with E-state index in [1.54, 1.807) is 7.05 Å². The largest absolute Gasteiger partial charge is 0.358 e. The summed E-state index contributed by atoms with van der Waals surface area (Å²) in [5.41, 5.74) is 1.000. The zero-order valence-corrected chi connectivity index (χ0v) is 11.7. The average molecular weight is 277 g/mol. The average Bonchev–Trinajstić information content (AvgIpc) is 2.28. The SMILES string of the molecule is CNC(=O)[C@@H](C)NC(C)c1ccccc1Cl.Cl. The Morgan fingerprint density at radius 3 is 2.41 bits per heavy atom. The van der Waals surface area contributed by atoms with Crippen molar-refractivity contribution >= 4 is 29.9 Å². The molecule has 0 saturated heterocycles. The van der Waals surface area contributed by atoms with Crippen molar-refractivity contribution in [2.24, 2.45) is 0 Å². The van der Waals surface area contributed by atoms with Crippen molar-refractivity contribution in [2.75, 3.05) is 7.05 Å². The first-order chi connectivity index (χ1) is 7.56. The number of nitrogens with one attached hydrogen (secondary N) is 2. The van der Waals surface area contributed by atoms with Crippen molar-refractivity contribution in [2.45, 2.75) is 25.9 Å². The molecule has 0 spiro atoms. The van der Waals surface area contributed by atoms with E-state index in [0.717, 1.165) is 5.56 Å². The highest BCUT2D eigenvalue weighted by Crippen LogP contribution is 2.22. The molecule has 96 valence electrons. The van der Waals surface area contributed by atoms with Gasteiger partial charge in [-0.1, -0.05) is 29.8 Å². The van der Waals surface area contributed by atoms with Gasteiger partial charge >= 0.3 is 0 Å². The molecule has 0 aliphatic heterocycles. The van der Waals surface area contributed by atoms with E-state index in [-0.39, 0.29) is 30.4 Å². The lowest BCUT2D eigenvalue weighted by atomic mass is 10.1. The minimum Gasteiger partial charge on any atom is -0.358 e. The van der Waals surface area contributed by atoms with Gasteiger partial charge < -0.3 is 5.32 Å². The normalized spacial score (nSPS) is 13.4. The van der Waals surface area contributed by atoms with E-state index in [1.165, 1.54) is 0 Å². The molecule has 1 amide bonds. The third-order valence-electron chi connectivity index (χ3n) is 2.51. The maximum atomic E-state index is 11.4. The zero-order valence-electron chi connectivity index (χ0n) is 10.2. The van der Waals surface area contributed by atoms with Crippen LogP contribution in [0.4, 0.5) is 0 Å². The zero-order chi connectivity index (χ0) is 12.1. The van der Waals surface area contributed by atoms with Gasteiger partial charge in [-0.15, -0.1) is 12.4 Å². The fraction of sp³-hybridized carbons (Fsp3) is 0.417. The third kappa shape index (κ3) is 4.54. The summed E-state index contributed by atoms with van der Waals surface area (Å²) in [5, 5.41) is 6.51. The molecule has 0 radical (unpaired) electrons. The van der Waals surface area contributed by atoms with Gasteiger partial charge in [-0.3, -0.25) is 10.1 Å². The molecular weight excluding hydrogens is 259 g/mol. The van der Waals surface area contributed by atoms with Gasteiger partial charge in [-0.25, -0.2) is 0 Å². The Morgan fingerprint density at radius 1 is 1.29 bits per heavy atom. The summed E-state index contributed by atoms with van der Waals surface area (Å²) in [4.78, 5) is 11.4. The lowest BCUT2D eigenvalue weighted by molar-refractivity contribution is -0.122. The van der Waals surface area contributed by atoms with Crippen LogP contribution in [0.25, 0.3) is 0 Å². The molecule has 2 N–H and O–H groups in total. The van der Waals surface area contributed by atoms with Gasteiger partial charge in [0.1, 0.15) is 0 Å². The van der Waals surface area contributed by atoms with E-state index in [2.05, 4.69) is 10.6 Å². The number of carbonyl (C=O) groups is 1. The van der Waals surface area contributed by atoms with Crippen LogP contribution in [0.3, 0.4) is 0 Å². The smallest absolute Gasteiger partial charge is 0.236 e. The summed E-state index contributed by atoms with van der Waals surface area (Å²) in [6.07, 6.45) is 0. The molecule has 0 aromatic heterocycles. The van der Waals surface area contributed by atoms with E-state index in [4.69, 9.17) is 11.6 Å². The van der Waals surface area contributed by atoms with Gasteiger partial charge in [0, 0.05) is 18.1 Å². The number of hydrogen-bond acceptors (Lipinski definition) is 2. The highest BCUT2D eigenvalue weighted by atomic mass is 35.5. The van der Waals surface area contributed by atoms with E-state index in [1.807, 2.05) is 38.1 Å². The fourth-order valence-corrected chi connectivity index (χ4v) is 1.88. The van der Waals surface area contributed by atoms with E-state index < -0.39 is 0 Å². The number of rotatable bonds is 4. The highest BCUT2D eigenvalue weighted by molar-refractivity contribution is 6.31. The van der Waals surface area contributed by atoms with Crippen LogP contribution in [0.1, 0.15) is 25.5 Å². The maximum Gasteiger partial charge on any atom is 0.236 e. The number of likely N-dealkylation sites (N-methyl/N-ethyl adjacent to an activating group) is 1. The van der Waals surface area contributed by atoms with Crippen LogP contribution in [0.15, 0.2) is 24.3 Å².